The number of carbonyl (C=O) groups excluding carboxylic acids is 1. The van der Waals surface area contributed by atoms with E-state index in [1.165, 1.54) is 0 Å². The Bertz CT molecular complexity index is 350. The minimum absolute atomic E-state index is 0.125. The van der Waals surface area contributed by atoms with E-state index in [1.54, 1.807) is 30.1 Å². The molecule has 0 saturated carbocycles. The predicted octanol–water partition coefficient (Wildman–Crippen LogP) is 1.05. The number of aromatic nitrogens is 1. The van der Waals surface area contributed by atoms with Crippen molar-refractivity contribution in [3.63, 3.8) is 0 Å². The van der Waals surface area contributed by atoms with E-state index in [4.69, 9.17) is 5.11 Å². The van der Waals surface area contributed by atoms with Crippen LogP contribution in [0.4, 0.5) is 0 Å². The van der Waals surface area contributed by atoms with Gasteiger partial charge in [0.05, 0.1) is 12.3 Å². The Balaban J connectivity index is 2.91. The average Bonchev–Trinajstić information content (AvgIpc) is 2.27. The Kier molecular flexibility index (Phi) is 3.80. The molecule has 0 aliphatic rings. The highest BCUT2D eigenvalue weighted by Crippen LogP contribution is 2.05. The first-order valence-electron chi connectivity index (χ1n) is 4.90. The smallest absolute Gasteiger partial charge is 0.272 e. The monoisotopic (exact) mass is 208 g/mol. The van der Waals surface area contributed by atoms with Crippen molar-refractivity contribution in [2.24, 2.45) is 0 Å². The van der Waals surface area contributed by atoms with Gasteiger partial charge < -0.3 is 10.0 Å². The van der Waals surface area contributed by atoms with Crippen molar-refractivity contribution in [2.45, 2.75) is 26.5 Å². The molecular weight excluding hydrogens is 192 g/mol. The van der Waals surface area contributed by atoms with Crippen molar-refractivity contribution in [3.8, 4) is 0 Å². The van der Waals surface area contributed by atoms with E-state index < -0.39 is 0 Å². The van der Waals surface area contributed by atoms with Crippen molar-refractivity contribution in [1.82, 2.24) is 9.88 Å². The van der Waals surface area contributed by atoms with E-state index in [-0.39, 0.29) is 18.6 Å². The number of rotatable bonds is 3. The molecule has 15 heavy (non-hydrogen) atoms. The lowest BCUT2D eigenvalue weighted by Gasteiger charge is -2.20. The Morgan fingerprint density at radius 2 is 2.20 bits per heavy atom. The molecule has 1 heterocycles. The molecule has 4 heteroatoms. The zero-order valence-corrected chi connectivity index (χ0v) is 9.27. The highest BCUT2D eigenvalue weighted by molar-refractivity contribution is 5.92. The molecule has 0 aliphatic carbocycles. The van der Waals surface area contributed by atoms with Crippen LogP contribution < -0.4 is 0 Å². The molecule has 0 spiro atoms. The Hall–Kier alpha value is -1.42. The van der Waals surface area contributed by atoms with Gasteiger partial charge in [0.15, 0.2) is 0 Å². The number of pyridine rings is 1. The number of hydrogen-bond donors (Lipinski definition) is 1. The minimum Gasteiger partial charge on any atom is -0.390 e. The first-order chi connectivity index (χ1) is 7.06. The van der Waals surface area contributed by atoms with Gasteiger partial charge in [-0.1, -0.05) is 6.07 Å². The SMILES string of the molecule is CC(C)N(C)C(=O)c1cccc(CO)n1. The standard InChI is InChI=1S/C11H16N2O2/c1-8(2)13(3)11(15)10-6-4-5-9(7-14)12-10/h4-6,8,14H,7H2,1-3H3. The van der Waals surface area contributed by atoms with Gasteiger partial charge in [0.25, 0.3) is 5.91 Å². The summed E-state index contributed by atoms with van der Waals surface area (Å²) in [5.41, 5.74) is 0.885. The van der Waals surface area contributed by atoms with Crippen LogP contribution in [0.15, 0.2) is 18.2 Å². The summed E-state index contributed by atoms with van der Waals surface area (Å²) in [6.07, 6.45) is 0. The molecule has 1 amide bonds. The zero-order valence-electron chi connectivity index (χ0n) is 9.27. The molecule has 1 N–H and O–H groups in total. The van der Waals surface area contributed by atoms with Crippen LogP contribution in [0.3, 0.4) is 0 Å². The first-order valence-corrected chi connectivity index (χ1v) is 4.90. The summed E-state index contributed by atoms with van der Waals surface area (Å²) in [4.78, 5) is 17.5. The summed E-state index contributed by atoms with van der Waals surface area (Å²) in [6.45, 7) is 3.73. The third-order valence-corrected chi connectivity index (χ3v) is 2.28. The molecular formula is C11H16N2O2. The van der Waals surface area contributed by atoms with Crippen molar-refractivity contribution < 1.29 is 9.90 Å². The second-order valence-electron chi connectivity index (χ2n) is 3.68. The molecule has 0 radical (unpaired) electrons. The summed E-state index contributed by atoms with van der Waals surface area (Å²) in [5.74, 6) is -0.125. The molecule has 1 aromatic rings. The molecule has 82 valence electrons. The third kappa shape index (κ3) is 2.76. The lowest BCUT2D eigenvalue weighted by molar-refractivity contribution is 0.0748. The molecule has 0 atom stereocenters. The van der Waals surface area contributed by atoms with Gasteiger partial charge >= 0.3 is 0 Å². The van der Waals surface area contributed by atoms with Crippen molar-refractivity contribution in [2.75, 3.05) is 7.05 Å². The number of aliphatic hydroxyl groups is 1. The number of amides is 1. The topological polar surface area (TPSA) is 53.4 Å². The zero-order chi connectivity index (χ0) is 11.4. The summed E-state index contributed by atoms with van der Waals surface area (Å²) in [6, 6.07) is 5.20. The van der Waals surface area contributed by atoms with Crippen LogP contribution in [0.25, 0.3) is 0 Å². The highest BCUT2D eigenvalue weighted by atomic mass is 16.3. The lowest BCUT2D eigenvalue weighted by atomic mass is 10.2. The predicted molar refractivity (Wildman–Crippen MR) is 57.4 cm³/mol. The first kappa shape index (κ1) is 11.7. The van der Waals surface area contributed by atoms with Gasteiger partial charge in [0, 0.05) is 13.1 Å². The lowest BCUT2D eigenvalue weighted by Crippen LogP contribution is -2.33. The van der Waals surface area contributed by atoms with E-state index in [0.29, 0.717) is 11.4 Å². The fraction of sp³-hybridized carbons (Fsp3) is 0.455. The van der Waals surface area contributed by atoms with Crippen molar-refractivity contribution >= 4 is 5.91 Å². The van der Waals surface area contributed by atoms with Crippen LogP contribution >= 0.6 is 0 Å². The second kappa shape index (κ2) is 4.89. The third-order valence-electron chi connectivity index (χ3n) is 2.28. The van der Waals surface area contributed by atoms with Crippen LogP contribution in [0.2, 0.25) is 0 Å². The van der Waals surface area contributed by atoms with Crippen LogP contribution in [-0.2, 0) is 6.61 Å². The second-order valence-corrected chi connectivity index (χ2v) is 3.68. The normalized spacial score (nSPS) is 10.5. The maximum atomic E-state index is 11.8. The quantitative estimate of drug-likeness (QED) is 0.808. The molecule has 0 aromatic carbocycles. The summed E-state index contributed by atoms with van der Waals surface area (Å²) in [7, 11) is 1.74. The van der Waals surface area contributed by atoms with E-state index >= 15 is 0 Å². The van der Waals surface area contributed by atoms with Crippen molar-refractivity contribution in [1.29, 1.82) is 0 Å². The maximum Gasteiger partial charge on any atom is 0.272 e. The van der Waals surface area contributed by atoms with Gasteiger partial charge in [0.2, 0.25) is 0 Å². The molecule has 1 rings (SSSR count). The van der Waals surface area contributed by atoms with Gasteiger partial charge in [-0.05, 0) is 26.0 Å². The Morgan fingerprint density at radius 3 is 2.73 bits per heavy atom. The van der Waals surface area contributed by atoms with Crippen LogP contribution in [0, 0.1) is 0 Å². The molecule has 4 nitrogen and oxygen atoms in total. The minimum atomic E-state index is -0.146. The van der Waals surface area contributed by atoms with E-state index in [9.17, 15) is 4.79 Å². The van der Waals surface area contributed by atoms with E-state index in [1.807, 2.05) is 13.8 Å². The van der Waals surface area contributed by atoms with Crippen LogP contribution in [-0.4, -0.2) is 34.0 Å². The molecule has 0 unspecified atom stereocenters. The fourth-order valence-electron chi connectivity index (χ4n) is 1.10. The fourth-order valence-corrected chi connectivity index (χ4v) is 1.10. The van der Waals surface area contributed by atoms with Gasteiger partial charge in [-0.25, -0.2) is 4.98 Å². The molecule has 0 saturated heterocycles. The highest BCUT2D eigenvalue weighted by Gasteiger charge is 2.15. The van der Waals surface area contributed by atoms with Gasteiger partial charge in [-0.2, -0.15) is 0 Å². The molecule has 0 fully saturated rings. The van der Waals surface area contributed by atoms with E-state index in [2.05, 4.69) is 4.98 Å². The van der Waals surface area contributed by atoms with Gasteiger partial charge in [-0.3, -0.25) is 4.79 Å². The summed E-state index contributed by atoms with van der Waals surface area (Å²) >= 11 is 0. The summed E-state index contributed by atoms with van der Waals surface area (Å²) < 4.78 is 0. The van der Waals surface area contributed by atoms with Gasteiger partial charge in [-0.15, -0.1) is 0 Å². The molecule has 1 aromatic heterocycles. The Morgan fingerprint density at radius 1 is 1.53 bits per heavy atom. The molecule has 0 aliphatic heterocycles. The van der Waals surface area contributed by atoms with Crippen LogP contribution in [0.5, 0.6) is 0 Å². The largest absolute Gasteiger partial charge is 0.390 e. The number of nitrogens with zero attached hydrogens (tertiary/aromatic N) is 2. The van der Waals surface area contributed by atoms with Gasteiger partial charge in [0.1, 0.15) is 5.69 Å². The maximum absolute atomic E-state index is 11.8. The summed E-state index contributed by atoms with van der Waals surface area (Å²) in [5, 5.41) is 8.90. The van der Waals surface area contributed by atoms with Crippen LogP contribution in [0.1, 0.15) is 30.0 Å². The number of carbonyl (C=O) groups is 1. The Labute approximate surface area is 89.6 Å². The average molecular weight is 208 g/mol. The number of aliphatic hydroxyl groups excluding tert-OH is 1. The van der Waals surface area contributed by atoms with E-state index in [0.717, 1.165) is 0 Å². The molecule has 0 bridgehead atoms. The van der Waals surface area contributed by atoms with Crippen molar-refractivity contribution in [3.05, 3.63) is 29.6 Å². The number of hydrogen-bond acceptors (Lipinski definition) is 3.